The van der Waals surface area contributed by atoms with Crippen LogP contribution in [0.25, 0.3) is 0 Å². The molecule has 1 rings (SSSR count). The largest absolute Gasteiger partial charge is 0.394 e. The second kappa shape index (κ2) is 6.02. The summed E-state index contributed by atoms with van der Waals surface area (Å²) in [6.07, 6.45) is 0. The molecule has 2 N–H and O–H groups in total. The SMILES string of the molecule is CC(=O)Nc1ccccc1C(C)=NCCO. The van der Waals surface area contributed by atoms with E-state index in [0.29, 0.717) is 6.54 Å². The van der Waals surface area contributed by atoms with Gasteiger partial charge in [0.05, 0.1) is 13.2 Å². The van der Waals surface area contributed by atoms with Gasteiger partial charge in [-0.3, -0.25) is 9.79 Å². The molecule has 0 saturated heterocycles. The number of anilines is 1. The van der Waals surface area contributed by atoms with Gasteiger partial charge in [-0.25, -0.2) is 0 Å². The van der Waals surface area contributed by atoms with Crippen molar-refractivity contribution in [3.05, 3.63) is 29.8 Å². The summed E-state index contributed by atoms with van der Waals surface area (Å²) in [6, 6.07) is 7.46. The predicted molar refractivity (Wildman–Crippen MR) is 64.9 cm³/mol. The number of rotatable bonds is 4. The molecule has 0 unspecified atom stereocenters. The van der Waals surface area contributed by atoms with Crippen LogP contribution in [0.4, 0.5) is 5.69 Å². The molecule has 1 amide bonds. The maximum absolute atomic E-state index is 11.0. The second-order valence-corrected chi connectivity index (χ2v) is 3.42. The molecule has 0 aromatic heterocycles. The molecule has 0 aliphatic heterocycles. The van der Waals surface area contributed by atoms with Gasteiger partial charge in [-0.1, -0.05) is 18.2 Å². The average molecular weight is 220 g/mol. The lowest BCUT2D eigenvalue weighted by Gasteiger charge is -2.09. The number of nitrogens with one attached hydrogen (secondary N) is 1. The third-order valence-corrected chi connectivity index (χ3v) is 2.08. The molecule has 0 aliphatic rings. The van der Waals surface area contributed by atoms with Crippen LogP contribution in [0.5, 0.6) is 0 Å². The van der Waals surface area contributed by atoms with E-state index in [1.165, 1.54) is 6.92 Å². The lowest BCUT2D eigenvalue weighted by atomic mass is 10.1. The van der Waals surface area contributed by atoms with Gasteiger partial charge >= 0.3 is 0 Å². The number of benzene rings is 1. The number of aliphatic imine (C=N–C) groups is 1. The Morgan fingerprint density at radius 2 is 2.06 bits per heavy atom. The Hall–Kier alpha value is -1.68. The third-order valence-electron chi connectivity index (χ3n) is 2.08. The Morgan fingerprint density at radius 3 is 2.69 bits per heavy atom. The van der Waals surface area contributed by atoms with Crippen LogP contribution in [0.15, 0.2) is 29.3 Å². The summed E-state index contributed by atoms with van der Waals surface area (Å²) >= 11 is 0. The molecule has 0 bridgehead atoms. The van der Waals surface area contributed by atoms with Gasteiger partial charge in [0.25, 0.3) is 0 Å². The summed E-state index contributed by atoms with van der Waals surface area (Å²) in [5, 5.41) is 11.4. The fourth-order valence-electron chi connectivity index (χ4n) is 1.40. The minimum atomic E-state index is -0.109. The van der Waals surface area contributed by atoms with E-state index in [2.05, 4.69) is 10.3 Å². The lowest BCUT2D eigenvalue weighted by Crippen LogP contribution is -2.10. The fourth-order valence-corrected chi connectivity index (χ4v) is 1.40. The number of nitrogens with zero attached hydrogens (tertiary/aromatic N) is 1. The van der Waals surface area contributed by atoms with Crippen molar-refractivity contribution >= 4 is 17.3 Å². The smallest absolute Gasteiger partial charge is 0.221 e. The highest BCUT2D eigenvalue weighted by atomic mass is 16.3. The predicted octanol–water partition coefficient (Wildman–Crippen LogP) is 1.45. The van der Waals surface area contributed by atoms with Gasteiger partial charge in [0.2, 0.25) is 5.91 Å². The van der Waals surface area contributed by atoms with Crippen molar-refractivity contribution in [1.82, 2.24) is 0 Å². The number of aliphatic hydroxyl groups excluding tert-OH is 1. The number of hydrogen-bond donors (Lipinski definition) is 2. The molecule has 0 spiro atoms. The van der Waals surface area contributed by atoms with E-state index < -0.39 is 0 Å². The van der Waals surface area contributed by atoms with E-state index in [-0.39, 0.29) is 12.5 Å². The van der Waals surface area contributed by atoms with Crippen molar-refractivity contribution in [2.45, 2.75) is 13.8 Å². The maximum atomic E-state index is 11.0. The number of carbonyl (C=O) groups excluding carboxylic acids is 1. The topological polar surface area (TPSA) is 61.7 Å². The summed E-state index contributed by atoms with van der Waals surface area (Å²) in [5.74, 6) is -0.109. The summed E-state index contributed by atoms with van der Waals surface area (Å²) in [5.41, 5.74) is 2.43. The molecular weight excluding hydrogens is 204 g/mol. The van der Waals surface area contributed by atoms with E-state index >= 15 is 0 Å². The summed E-state index contributed by atoms with van der Waals surface area (Å²) in [6.45, 7) is 3.73. The summed E-state index contributed by atoms with van der Waals surface area (Å²) < 4.78 is 0. The van der Waals surface area contributed by atoms with E-state index in [1.807, 2.05) is 31.2 Å². The lowest BCUT2D eigenvalue weighted by molar-refractivity contribution is -0.114. The van der Waals surface area contributed by atoms with Crippen molar-refractivity contribution in [3.63, 3.8) is 0 Å². The van der Waals surface area contributed by atoms with Crippen LogP contribution in [0, 0.1) is 0 Å². The first-order chi connectivity index (χ1) is 7.65. The molecule has 0 saturated carbocycles. The summed E-state index contributed by atoms with van der Waals surface area (Å²) in [4.78, 5) is 15.2. The molecule has 0 fully saturated rings. The van der Waals surface area contributed by atoms with Gasteiger partial charge in [0.1, 0.15) is 0 Å². The van der Waals surface area contributed by atoms with Gasteiger partial charge < -0.3 is 10.4 Å². The third kappa shape index (κ3) is 3.47. The van der Waals surface area contributed by atoms with E-state index in [0.717, 1.165) is 17.0 Å². The zero-order valence-electron chi connectivity index (χ0n) is 9.53. The standard InChI is InChI=1S/C12H16N2O2/c1-9(13-7-8-15)11-5-3-4-6-12(11)14-10(2)16/h3-6,15H,7-8H2,1-2H3,(H,14,16). The number of amides is 1. The van der Waals surface area contributed by atoms with Crippen LogP contribution in [0.1, 0.15) is 19.4 Å². The van der Waals surface area contributed by atoms with Gasteiger partial charge in [-0.15, -0.1) is 0 Å². The van der Waals surface area contributed by atoms with Crippen molar-refractivity contribution in [3.8, 4) is 0 Å². The van der Waals surface area contributed by atoms with E-state index in [4.69, 9.17) is 5.11 Å². The zero-order valence-corrected chi connectivity index (χ0v) is 9.53. The Balaban J connectivity index is 2.98. The molecular formula is C12H16N2O2. The molecule has 0 heterocycles. The van der Waals surface area contributed by atoms with E-state index in [1.54, 1.807) is 0 Å². The van der Waals surface area contributed by atoms with Gasteiger partial charge in [-0.05, 0) is 13.0 Å². The Labute approximate surface area is 95.0 Å². The minimum Gasteiger partial charge on any atom is -0.394 e. The number of carbonyl (C=O) groups is 1. The molecule has 16 heavy (non-hydrogen) atoms. The zero-order chi connectivity index (χ0) is 12.0. The molecule has 0 radical (unpaired) electrons. The highest BCUT2D eigenvalue weighted by Crippen LogP contribution is 2.15. The normalized spacial score (nSPS) is 11.3. The van der Waals surface area contributed by atoms with Crippen LogP contribution >= 0.6 is 0 Å². The Bertz CT molecular complexity index is 400. The first-order valence-corrected chi connectivity index (χ1v) is 5.14. The minimum absolute atomic E-state index is 0.0274. The van der Waals surface area contributed by atoms with Crippen LogP contribution in [0.3, 0.4) is 0 Å². The Morgan fingerprint density at radius 1 is 1.38 bits per heavy atom. The number of hydrogen-bond acceptors (Lipinski definition) is 3. The highest BCUT2D eigenvalue weighted by molar-refractivity contribution is 6.06. The van der Waals surface area contributed by atoms with E-state index in [9.17, 15) is 4.79 Å². The quantitative estimate of drug-likeness (QED) is 0.754. The van der Waals surface area contributed by atoms with Crippen LogP contribution < -0.4 is 5.32 Å². The molecule has 4 heteroatoms. The molecule has 0 aliphatic carbocycles. The molecule has 4 nitrogen and oxygen atoms in total. The molecule has 86 valence electrons. The van der Waals surface area contributed by atoms with Crippen molar-refractivity contribution in [1.29, 1.82) is 0 Å². The van der Waals surface area contributed by atoms with Crippen molar-refractivity contribution < 1.29 is 9.90 Å². The van der Waals surface area contributed by atoms with Crippen LogP contribution in [-0.2, 0) is 4.79 Å². The maximum Gasteiger partial charge on any atom is 0.221 e. The number of aliphatic hydroxyl groups is 1. The van der Waals surface area contributed by atoms with Crippen molar-refractivity contribution in [2.75, 3.05) is 18.5 Å². The molecule has 1 aromatic rings. The first-order valence-electron chi connectivity index (χ1n) is 5.14. The van der Waals surface area contributed by atoms with Gasteiger partial charge in [0, 0.05) is 23.9 Å². The fraction of sp³-hybridized carbons (Fsp3) is 0.333. The van der Waals surface area contributed by atoms with Gasteiger partial charge in [-0.2, -0.15) is 0 Å². The van der Waals surface area contributed by atoms with Crippen LogP contribution in [0.2, 0.25) is 0 Å². The van der Waals surface area contributed by atoms with Gasteiger partial charge in [0.15, 0.2) is 0 Å². The molecule has 0 atom stereocenters. The first kappa shape index (κ1) is 12.4. The molecule has 1 aromatic carbocycles. The Kier molecular flexibility index (Phi) is 4.66. The van der Waals surface area contributed by atoms with Crippen LogP contribution in [-0.4, -0.2) is 29.9 Å². The second-order valence-electron chi connectivity index (χ2n) is 3.42. The average Bonchev–Trinajstić information content (AvgIpc) is 2.26. The highest BCUT2D eigenvalue weighted by Gasteiger charge is 2.05. The number of para-hydroxylation sites is 1. The monoisotopic (exact) mass is 220 g/mol. The van der Waals surface area contributed by atoms with Crippen molar-refractivity contribution in [2.24, 2.45) is 4.99 Å². The summed E-state index contributed by atoms with van der Waals surface area (Å²) in [7, 11) is 0.